The summed E-state index contributed by atoms with van der Waals surface area (Å²) >= 11 is 3.47. The summed E-state index contributed by atoms with van der Waals surface area (Å²) < 4.78 is 0. The fraction of sp³-hybridized carbons (Fsp3) is 0.958. The molecule has 1 aliphatic heterocycles. The summed E-state index contributed by atoms with van der Waals surface area (Å²) in [4.78, 5) is 29.7. The largest absolute Gasteiger partial charge is 0.390 e. The van der Waals surface area contributed by atoms with Crippen LogP contribution in [0.25, 0.3) is 0 Å². The van der Waals surface area contributed by atoms with Gasteiger partial charge in [-0.1, -0.05) is 213 Å². The first-order chi connectivity index (χ1) is 27.3. The van der Waals surface area contributed by atoms with Crippen molar-refractivity contribution >= 4 is 35.5 Å². The first kappa shape index (κ1) is 53.6. The summed E-state index contributed by atoms with van der Waals surface area (Å²) in [5, 5.41) is 21.6. The highest BCUT2D eigenvalue weighted by Gasteiger charge is 2.53. The molecular weight excluding hydrogens is 733 g/mol. The molecule has 0 aromatic carbocycles. The van der Waals surface area contributed by atoms with E-state index in [2.05, 4.69) is 13.8 Å². The van der Waals surface area contributed by atoms with E-state index in [1.807, 2.05) is 13.8 Å². The molecule has 1 aliphatic rings. The van der Waals surface area contributed by atoms with Crippen LogP contribution in [0.2, 0.25) is 0 Å². The predicted molar refractivity (Wildman–Crippen MR) is 248 cm³/mol. The van der Waals surface area contributed by atoms with Crippen LogP contribution < -0.4 is 0 Å². The van der Waals surface area contributed by atoms with Gasteiger partial charge < -0.3 is 15.1 Å². The summed E-state index contributed by atoms with van der Waals surface area (Å²) in [6.07, 6.45) is 42.7. The Balaban J connectivity index is 2.08. The van der Waals surface area contributed by atoms with Gasteiger partial charge in [0.2, 0.25) is 0 Å². The Kier molecular flexibility index (Phi) is 35.9. The van der Waals surface area contributed by atoms with Gasteiger partial charge in [0.25, 0.3) is 5.91 Å². The average Bonchev–Trinajstić information content (AvgIpc) is 3.36. The van der Waals surface area contributed by atoms with Gasteiger partial charge >= 0.3 is 6.03 Å². The Morgan fingerprint density at radius 1 is 0.464 bits per heavy atom. The number of β-amino-alcohol motifs (C(OH)–C–C–N with tert-alkyl or cyclic N) is 2. The van der Waals surface area contributed by atoms with E-state index in [1.165, 1.54) is 198 Å². The van der Waals surface area contributed by atoms with Crippen molar-refractivity contribution in [1.82, 2.24) is 9.80 Å². The lowest BCUT2D eigenvalue weighted by Crippen LogP contribution is -2.49. The zero-order chi connectivity index (χ0) is 41.0. The summed E-state index contributed by atoms with van der Waals surface area (Å²) in [6.45, 7) is 8.48. The number of hydrogen-bond acceptors (Lipinski definition) is 6. The van der Waals surface area contributed by atoms with Crippen molar-refractivity contribution in [1.29, 1.82) is 0 Å². The molecule has 0 aromatic rings. The van der Waals surface area contributed by atoms with Gasteiger partial charge in [-0.15, -0.1) is 0 Å². The molecule has 0 spiro atoms. The third kappa shape index (κ3) is 26.6. The van der Waals surface area contributed by atoms with Gasteiger partial charge in [0.05, 0.1) is 25.3 Å². The number of urea groups is 1. The molecule has 6 nitrogen and oxygen atoms in total. The Hall–Kier alpha value is -0.440. The Labute approximate surface area is 357 Å². The zero-order valence-electron chi connectivity index (χ0n) is 37.7. The fourth-order valence-electron chi connectivity index (χ4n) is 8.10. The smallest absolute Gasteiger partial charge is 0.327 e. The number of thioether (sulfide) groups is 2. The summed E-state index contributed by atoms with van der Waals surface area (Å²) in [7, 11) is 0. The second-order valence-electron chi connectivity index (χ2n) is 17.5. The molecule has 0 bridgehead atoms. The van der Waals surface area contributed by atoms with Gasteiger partial charge in [0.15, 0.2) is 0 Å². The van der Waals surface area contributed by atoms with Crippen LogP contribution in [0.1, 0.15) is 240 Å². The molecule has 0 radical (unpaired) electrons. The van der Waals surface area contributed by atoms with Crippen LogP contribution in [0, 0.1) is 0 Å². The molecule has 1 heterocycles. The molecule has 0 aliphatic carbocycles. The molecule has 8 heteroatoms. The van der Waals surface area contributed by atoms with Gasteiger partial charge in [-0.25, -0.2) is 4.79 Å². The zero-order valence-corrected chi connectivity index (χ0v) is 39.3. The fourth-order valence-corrected chi connectivity index (χ4v) is 10.0. The van der Waals surface area contributed by atoms with E-state index in [4.69, 9.17) is 0 Å². The molecule has 3 atom stereocenters. The first-order valence-electron chi connectivity index (χ1n) is 24.5. The van der Waals surface area contributed by atoms with E-state index in [-0.39, 0.29) is 25.0 Å². The topological polar surface area (TPSA) is 81.1 Å². The number of unbranched alkanes of at least 4 members (excludes halogenated alkanes) is 30. The van der Waals surface area contributed by atoms with Crippen LogP contribution in [-0.4, -0.2) is 85.8 Å². The van der Waals surface area contributed by atoms with E-state index in [1.54, 1.807) is 28.4 Å². The lowest BCUT2D eigenvalue weighted by Gasteiger charge is -2.32. The Morgan fingerprint density at radius 3 is 1.05 bits per heavy atom. The lowest BCUT2D eigenvalue weighted by atomic mass is 9.96. The minimum atomic E-state index is -0.975. The molecule has 56 heavy (non-hydrogen) atoms. The van der Waals surface area contributed by atoms with Crippen LogP contribution in [0.15, 0.2) is 0 Å². The molecule has 2 N–H and O–H groups in total. The van der Waals surface area contributed by atoms with Crippen molar-refractivity contribution in [3.63, 3.8) is 0 Å². The van der Waals surface area contributed by atoms with E-state index >= 15 is 0 Å². The molecule has 1 saturated heterocycles. The normalized spacial score (nSPS) is 17.1. The number of aliphatic hydroxyl groups excluding tert-OH is 2. The minimum absolute atomic E-state index is 0.0276. The maximum Gasteiger partial charge on any atom is 0.327 e. The number of carbonyl (C=O) groups is 2. The van der Waals surface area contributed by atoms with E-state index in [0.29, 0.717) is 17.9 Å². The first-order valence-corrected chi connectivity index (χ1v) is 26.8. The highest BCUT2D eigenvalue weighted by molar-refractivity contribution is 7.99. The third-order valence-corrected chi connectivity index (χ3v) is 14.5. The van der Waals surface area contributed by atoms with E-state index in [0.717, 1.165) is 24.3 Å². The maximum atomic E-state index is 13.4. The standard InChI is InChI=1S/C48H94N2O4S2/c1-5-8-10-12-14-16-18-20-22-24-26-28-30-32-34-36-38-55-42-44(51)40-49-46(53)48(4,7-3)50(47(49)54)41-45(52)43-56-39-37-35-33-31-29-27-25-23-21-19-17-15-13-11-9-6-2/h44-45,51-52H,5-43H2,1-4H3. The van der Waals surface area contributed by atoms with Gasteiger partial charge in [-0.3, -0.25) is 9.69 Å². The number of rotatable bonds is 43. The van der Waals surface area contributed by atoms with Crippen LogP contribution in [-0.2, 0) is 4.79 Å². The Bertz CT molecular complexity index is 910. The summed E-state index contributed by atoms with van der Waals surface area (Å²) in [6, 6.07) is -0.372. The van der Waals surface area contributed by atoms with Crippen molar-refractivity contribution in [2.45, 2.75) is 257 Å². The number of amides is 3. The Morgan fingerprint density at radius 2 is 0.750 bits per heavy atom. The molecule has 0 saturated carbocycles. The van der Waals surface area contributed by atoms with Crippen molar-refractivity contribution in [3.8, 4) is 0 Å². The lowest BCUT2D eigenvalue weighted by molar-refractivity contribution is -0.133. The highest BCUT2D eigenvalue weighted by Crippen LogP contribution is 2.32. The number of carbonyl (C=O) groups excluding carboxylic acids is 2. The predicted octanol–water partition coefficient (Wildman–Crippen LogP) is 14.1. The van der Waals surface area contributed by atoms with Crippen LogP contribution in [0.3, 0.4) is 0 Å². The molecule has 1 rings (SSSR count). The molecule has 0 aromatic heterocycles. The second-order valence-corrected chi connectivity index (χ2v) is 19.8. The molecule has 3 unspecified atom stereocenters. The van der Waals surface area contributed by atoms with Crippen LogP contribution in [0.5, 0.6) is 0 Å². The minimum Gasteiger partial charge on any atom is -0.390 e. The van der Waals surface area contributed by atoms with Crippen molar-refractivity contribution in [2.24, 2.45) is 0 Å². The van der Waals surface area contributed by atoms with Crippen LogP contribution in [0.4, 0.5) is 4.79 Å². The second kappa shape index (κ2) is 37.6. The van der Waals surface area contributed by atoms with Crippen LogP contribution >= 0.6 is 23.5 Å². The summed E-state index contributed by atoms with van der Waals surface area (Å²) in [5.41, 5.74) is -0.975. The SMILES string of the molecule is CCCCCCCCCCCCCCCCCCSCC(O)CN1C(=O)N(CC(O)CSCCCCCCCCCCCCCCCCCC)C(C)(CC)C1=O. The van der Waals surface area contributed by atoms with Crippen molar-refractivity contribution in [3.05, 3.63) is 0 Å². The number of imide groups is 1. The maximum absolute atomic E-state index is 13.4. The van der Waals surface area contributed by atoms with E-state index in [9.17, 15) is 19.8 Å². The van der Waals surface area contributed by atoms with E-state index < -0.39 is 17.7 Å². The third-order valence-electron chi connectivity index (χ3n) is 12.1. The summed E-state index contributed by atoms with van der Waals surface area (Å²) in [5.74, 6) is 2.86. The number of hydrogen-bond donors (Lipinski definition) is 2. The van der Waals surface area contributed by atoms with Gasteiger partial charge in [0, 0.05) is 11.5 Å². The quantitative estimate of drug-likeness (QED) is 0.0471. The van der Waals surface area contributed by atoms with Crippen molar-refractivity contribution in [2.75, 3.05) is 36.1 Å². The molecule has 1 fully saturated rings. The highest BCUT2D eigenvalue weighted by atomic mass is 32.2. The average molecular weight is 827 g/mol. The van der Waals surface area contributed by atoms with Crippen molar-refractivity contribution < 1.29 is 19.8 Å². The monoisotopic (exact) mass is 827 g/mol. The number of aliphatic hydroxyl groups is 2. The molecular formula is C48H94N2O4S2. The molecule has 332 valence electrons. The van der Waals surface area contributed by atoms with Gasteiger partial charge in [-0.05, 0) is 37.7 Å². The van der Waals surface area contributed by atoms with Gasteiger partial charge in [-0.2, -0.15) is 23.5 Å². The van der Waals surface area contributed by atoms with Gasteiger partial charge in [0.1, 0.15) is 5.54 Å². The number of nitrogens with zero attached hydrogens (tertiary/aromatic N) is 2. The molecule has 3 amide bonds.